The molecule has 2 aliphatic heterocycles. The first-order valence-corrected chi connectivity index (χ1v) is 12.1. The minimum absolute atomic E-state index is 0.188. The molecule has 3 heterocycles. The molecule has 1 aromatic heterocycles. The molecule has 0 bridgehead atoms. The number of phenols is 1. The van der Waals surface area contributed by atoms with E-state index in [0.29, 0.717) is 11.3 Å². The summed E-state index contributed by atoms with van der Waals surface area (Å²) in [6.45, 7) is 4.87. The minimum atomic E-state index is -0.511. The van der Waals surface area contributed by atoms with E-state index in [9.17, 15) is 9.90 Å². The van der Waals surface area contributed by atoms with Gasteiger partial charge in [-0.3, -0.25) is 4.79 Å². The molecular formula is C27H31N5O2. The van der Waals surface area contributed by atoms with E-state index in [0.717, 1.165) is 69.8 Å². The molecule has 2 aliphatic rings. The number of aromatic hydroxyl groups is 1. The zero-order chi connectivity index (χ0) is 23.4. The molecule has 0 atom stereocenters. The maximum atomic E-state index is 14.0. The number of carbonyl (C=O) groups is 1. The number of phenolic OH excluding ortho intramolecular Hbond substituents is 1. The Labute approximate surface area is 200 Å². The number of anilines is 1. The topological polar surface area (TPSA) is 81.6 Å². The second kappa shape index (κ2) is 9.81. The third-order valence-electron chi connectivity index (χ3n) is 7.17. The second-order valence-electron chi connectivity index (χ2n) is 9.15. The van der Waals surface area contributed by atoms with Crippen LogP contribution in [0.4, 0.5) is 5.69 Å². The van der Waals surface area contributed by atoms with Crippen LogP contribution < -0.4 is 10.2 Å². The van der Waals surface area contributed by atoms with Crippen molar-refractivity contribution in [1.29, 1.82) is 0 Å². The van der Waals surface area contributed by atoms with Crippen LogP contribution in [-0.4, -0.2) is 65.4 Å². The van der Waals surface area contributed by atoms with Crippen LogP contribution in [0, 0.1) is 0 Å². The average molecular weight is 458 g/mol. The molecule has 0 saturated carbocycles. The van der Waals surface area contributed by atoms with Crippen LogP contribution >= 0.6 is 0 Å². The molecule has 7 heteroatoms. The molecule has 0 aliphatic carbocycles. The van der Waals surface area contributed by atoms with Gasteiger partial charge in [-0.05, 0) is 49.6 Å². The van der Waals surface area contributed by atoms with Crippen LogP contribution in [0.5, 0.6) is 5.75 Å². The lowest BCUT2D eigenvalue weighted by molar-refractivity contribution is -0.138. The minimum Gasteiger partial charge on any atom is -0.507 e. The number of carbonyl (C=O) groups excluding carboxylic acids is 1. The second-order valence-corrected chi connectivity index (χ2v) is 9.15. The smallest absolute Gasteiger partial charge is 0.233 e. The lowest BCUT2D eigenvalue weighted by atomic mass is 9.71. The number of nitrogens with one attached hydrogen (secondary N) is 1. The van der Waals surface area contributed by atoms with Gasteiger partial charge in [-0.15, -0.1) is 0 Å². The number of hydrogen-bond donors (Lipinski definition) is 2. The van der Waals surface area contributed by atoms with Gasteiger partial charge in [0.05, 0.1) is 23.0 Å². The lowest BCUT2D eigenvalue weighted by Crippen LogP contribution is -2.53. The van der Waals surface area contributed by atoms with Crippen molar-refractivity contribution in [2.75, 3.05) is 44.2 Å². The largest absolute Gasteiger partial charge is 0.507 e. The van der Waals surface area contributed by atoms with Crippen molar-refractivity contribution in [3.05, 3.63) is 72.4 Å². The Kier molecular flexibility index (Phi) is 6.45. The van der Waals surface area contributed by atoms with Crippen molar-refractivity contribution in [3.63, 3.8) is 0 Å². The molecule has 3 aromatic rings. The highest BCUT2D eigenvalue weighted by Crippen LogP contribution is 2.39. The van der Waals surface area contributed by atoms with Gasteiger partial charge in [-0.25, -0.2) is 0 Å². The Morgan fingerprint density at radius 2 is 1.71 bits per heavy atom. The number of para-hydroxylation sites is 1. The summed E-state index contributed by atoms with van der Waals surface area (Å²) in [6.07, 6.45) is 4.24. The predicted molar refractivity (Wildman–Crippen MR) is 133 cm³/mol. The first-order valence-electron chi connectivity index (χ1n) is 12.1. The summed E-state index contributed by atoms with van der Waals surface area (Å²) < 4.78 is 0. The number of hydrogen-bond acceptors (Lipinski definition) is 6. The van der Waals surface area contributed by atoms with Gasteiger partial charge in [0.25, 0.3) is 0 Å². The summed E-state index contributed by atoms with van der Waals surface area (Å²) in [5.74, 6) is 0.443. The first-order chi connectivity index (χ1) is 16.7. The molecule has 2 fully saturated rings. The van der Waals surface area contributed by atoms with Crippen molar-refractivity contribution in [1.82, 2.24) is 20.4 Å². The summed E-state index contributed by atoms with van der Waals surface area (Å²) in [5, 5.41) is 22.1. The first kappa shape index (κ1) is 22.3. The molecule has 0 unspecified atom stereocenters. The molecule has 34 heavy (non-hydrogen) atoms. The zero-order valence-corrected chi connectivity index (χ0v) is 19.4. The maximum Gasteiger partial charge on any atom is 0.233 e. The van der Waals surface area contributed by atoms with E-state index in [2.05, 4.69) is 37.4 Å². The molecule has 2 aromatic carbocycles. The van der Waals surface area contributed by atoms with Gasteiger partial charge in [0.15, 0.2) is 0 Å². The molecule has 2 saturated heterocycles. The van der Waals surface area contributed by atoms with Crippen LogP contribution in [0.25, 0.3) is 11.3 Å². The van der Waals surface area contributed by atoms with Crippen molar-refractivity contribution in [2.45, 2.75) is 24.7 Å². The quantitative estimate of drug-likeness (QED) is 0.626. The molecule has 1 amide bonds. The van der Waals surface area contributed by atoms with Gasteiger partial charge in [0.2, 0.25) is 5.91 Å². The standard InChI is InChI=1S/C27H31N5O2/c33-25-10-5-4-9-23(25)24-19-22(20-29-30-24)31-16-11-27(12-17-31,21-7-2-1-3-8-21)26(34)32-15-6-13-28-14-18-32/h1-5,7-10,19-20,28,33H,6,11-18H2. The highest BCUT2D eigenvalue weighted by atomic mass is 16.3. The molecule has 2 N–H and O–H groups in total. The Bertz CT molecular complexity index is 1120. The van der Waals surface area contributed by atoms with Crippen LogP contribution in [0.15, 0.2) is 66.9 Å². The number of piperidine rings is 1. The van der Waals surface area contributed by atoms with Crippen LogP contribution in [0.2, 0.25) is 0 Å². The fraction of sp³-hybridized carbons (Fsp3) is 0.370. The van der Waals surface area contributed by atoms with Crippen molar-refractivity contribution < 1.29 is 9.90 Å². The highest BCUT2D eigenvalue weighted by molar-refractivity contribution is 5.89. The number of nitrogens with zero attached hydrogens (tertiary/aromatic N) is 4. The van der Waals surface area contributed by atoms with E-state index in [4.69, 9.17) is 0 Å². The fourth-order valence-corrected chi connectivity index (χ4v) is 5.23. The van der Waals surface area contributed by atoms with Crippen LogP contribution in [0.1, 0.15) is 24.8 Å². The molecule has 0 radical (unpaired) electrons. The fourth-order valence-electron chi connectivity index (χ4n) is 5.23. The summed E-state index contributed by atoms with van der Waals surface area (Å²) in [4.78, 5) is 18.3. The SMILES string of the molecule is O=C(N1CCCNCC1)C1(c2ccccc2)CCN(c2cnnc(-c3ccccc3O)c2)CC1. The van der Waals surface area contributed by atoms with Crippen molar-refractivity contribution >= 4 is 11.6 Å². The van der Waals surface area contributed by atoms with Gasteiger partial charge in [-0.1, -0.05) is 42.5 Å². The molecule has 5 rings (SSSR count). The molecule has 7 nitrogen and oxygen atoms in total. The van der Waals surface area contributed by atoms with E-state index in [1.165, 1.54) is 0 Å². The summed E-state index contributed by atoms with van der Waals surface area (Å²) >= 11 is 0. The Balaban J connectivity index is 1.40. The van der Waals surface area contributed by atoms with Gasteiger partial charge in [0.1, 0.15) is 5.75 Å². The van der Waals surface area contributed by atoms with Gasteiger partial charge in [0, 0.05) is 38.3 Å². The number of aromatic nitrogens is 2. The highest BCUT2D eigenvalue weighted by Gasteiger charge is 2.45. The lowest BCUT2D eigenvalue weighted by Gasteiger charge is -2.44. The van der Waals surface area contributed by atoms with Crippen molar-refractivity contribution in [3.8, 4) is 17.0 Å². The monoisotopic (exact) mass is 457 g/mol. The summed E-state index contributed by atoms with van der Waals surface area (Å²) in [6, 6.07) is 19.4. The summed E-state index contributed by atoms with van der Waals surface area (Å²) in [7, 11) is 0. The van der Waals surface area contributed by atoms with Crippen LogP contribution in [-0.2, 0) is 10.2 Å². The number of benzene rings is 2. The zero-order valence-electron chi connectivity index (χ0n) is 19.4. The van der Waals surface area contributed by atoms with Gasteiger partial charge >= 0.3 is 0 Å². The Hall–Kier alpha value is -3.45. The van der Waals surface area contributed by atoms with Gasteiger partial charge < -0.3 is 20.2 Å². The Morgan fingerprint density at radius 1 is 0.941 bits per heavy atom. The molecule has 0 spiro atoms. The number of rotatable bonds is 4. The summed E-state index contributed by atoms with van der Waals surface area (Å²) in [5.41, 5.74) is 2.87. The van der Waals surface area contributed by atoms with Crippen molar-refractivity contribution in [2.24, 2.45) is 0 Å². The van der Waals surface area contributed by atoms with E-state index in [-0.39, 0.29) is 11.7 Å². The van der Waals surface area contributed by atoms with Gasteiger partial charge in [-0.2, -0.15) is 10.2 Å². The molecular weight excluding hydrogens is 426 g/mol. The third-order valence-corrected chi connectivity index (χ3v) is 7.17. The number of amides is 1. The third kappa shape index (κ3) is 4.35. The normalized spacial score (nSPS) is 18.4. The average Bonchev–Trinajstić information content (AvgIpc) is 3.19. The predicted octanol–water partition coefficient (Wildman–Crippen LogP) is 3.21. The maximum absolute atomic E-state index is 14.0. The Morgan fingerprint density at radius 3 is 2.50 bits per heavy atom. The van der Waals surface area contributed by atoms with E-state index in [1.54, 1.807) is 18.3 Å². The van der Waals surface area contributed by atoms with E-state index in [1.807, 2.05) is 36.4 Å². The molecule has 176 valence electrons. The van der Waals surface area contributed by atoms with Crippen LogP contribution in [0.3, 0.4) is 0 Å². The van der Waals surface area contributed by atoms with E-state index >= 15 is 0 Å². The van der Waals surface area contributed by atoms with E-state index < -0.39 is 5.41 Å².